The fourth-order valence-electron chi connectivity index (χ4n) is 1.54. The molecule has 4 heteroatoms. The second-order valence-corrected chi connectivity index (χ2v) is 4.72. The molecule has 1 aliphatic heterocycles. The highest BCUT2D eigenvalue weighted by Crippen LogP contribution is 2.20. The number of nitrogens with zero attached hydrogens (tertiary/aromatic N) is 2. The fraction of sp³-hybridized carbons (Fsp3) is 0.700. The average Bonchev–Trinajstić information content (AvgIpc) is 2.15. The lowest BCUT2D eigenvalue weighted by atomic mass is 9.93. The molecule has 0 spiro atoms. The van der Waals surface area contributed by atoms with E-state index in [9.17, 15) is 4.79 Å². The summed E-state index contributed by atoms with van der Waals surface area (Å²) in [6, 6.07) is 0. The van der Waals surface area contributed by atoms with Crippen molar-refractivity contribution in [2.45, 2.75) is 12.8 Å². The van der Waals surface area contributed by atoms with Crippen molar-refractivity contribution < 1.29 is 4.79 Å². The van der Waals surface area contributed by atoms with E-state index < -0.39 is 0 Å². The number of carbonyl (C=O) groups excluding carboxylic acids is 1. The van der Waals surface area contributed by atoms with Gasteiger partial charge in [-0.25, -0.2) is 0 Å². The number of carbonyl (C=O) groups is 1. The van der Waals surface area contributed by atoms with Crippen LogP contribution in [0.2, 0.25) is 0 Å². The first kappa shape index (κ1) is 11.7. The lowest BCUT2D eigenvalue weighted by Crippen LogP contribution is -2.29. The Morgan fingerprint density at radius 2 is 2.00 bits per heavy atom. The second-order valence-electron chi connectivity index (χ2n) is 3.99. The van der Waals surface area contributed by atoms with Crippen LogP contribution in [0.5, 0.6) is 0 Å². The third-order valence-corrected chi connectivity index (χ3v) is 2.99. The van der Waals surface area contributed by atoms with Gasteiger partial charge in [-0.1, -0.05) is 9.39 Å². The van der Waals surface area contributed by atoms with E-state index in [1.165, 1.54) is 0 Å². The van der Waals surface area contributed by atoms with Crippen LogP contribution in [0.3, 0.4) is 0 Å². The molecular formula is C10H19N2OP. The summed E-state index contributed by atoms with van der Waals surface area (Å²) in [5.74, 6) is 0.514. The number of rotatable bonds is 3. The van der Waals surface area contributed by atoms with Crippen LogP contribution in [-0.2, 0) is 4.79 Å². The maximum absolute atomic E-state index is 11.7. The molecule has 0 amide bonds. The molecule has 1 aliphatic rings. The molecular weight excluding hydrogens is 195 g/mol. The van der Waals surface area contributed by atoms with Gasteiger partial charge in [0, 0.05) is 39.3 Å². The molecule has 1 heterocycles. The van der Waals surface area contributed by atoms with Gasteiger partial charge in [-0.2, -0.15) is 0 Å². The van der Waals surface area contributed by atoms with Crippen LogP contribution in [0.15, 0.2) is 12.3 Å². The van der Waals surface area contributed by atoms with Crippen molar-refractivity contribution in [1.29, 1.82) is 0 Å². The van der Waals surface area contributed by atoms with Crippen molar-refractivity contribution in [1.82, 2.24) is 9.57 Å². The van der Waals surface area contributed by atoms with Gasteiger partial charge in [-0.05, 0) is 18.9 Å². The Labute approximate surface area is 88.4 Å². The number of hydrogen-bond donors (Lipinski definition) is 0. The van der Waals surface area contributed by atoms with Crippen molar-refractivity contribution in [2.75, 3.05) is 27.2 Å². The van der Waals surface area contributed by atoms with Crippen LogP contribution in [0.25, 0.3) is 0 Å². The quantitative estimate of drug-likeness (QED) is 0.520. The minimum Gasteiger partial charge on any atom is -0.383 e. The van der Waals surface area contributed by atoms with Gasteiger partial charge < -0.3 is 4.90 Å². The van der Waals surface area contributed by atoms with E-state index in [0.29, 0.717) is 0 Å². The van der Waals surface area contributed by atoms with Gasteiger partial charge >= 0.3 is 0 Å². The molecule has 0 bridgehead atoms. The molecule has 80 valence electrons. The highest BCUT2D eigenvalue weighted by Gasteiger charge is 2.21. The smallest absolute Gasteiger partial charge is 0.160 e. The zero-order chi connectivity index (χ0) is 10.6. The van der Waals surface area contributed by atoms with Crippen molar-refractivity contribution >= 4 is 15.2 Å². The van der Waals surface area contributed by atoms with Gasteiger partial charge in [0.2, 0.25) is 0 Å². The Bertz CT molecular complexity index is 220. The van der Waals surface area contributed by atoms with Crippen molar-refractivity contribution in [2.24, 2.45) is 5.92 Å². The van der Waals surface area contributed by atoms with Gasteiger partial charge in [-0.15, -0.1) is 0 Å². The van der Waals surface area contributed by atoms with E-state index >= 15 is 0 Å². The first-order valence-electron chi connectivity index (χ1n) is 4.97. The number of hydrogen-bond acceptors (Lipinski definition) is 3. The highest BCUT2D eigenvalue weighted by molar-refractivity contribution is 7.13. The summed E-state index contributed by atoms with van der Waals surface area (Å²) >= 11 is 0. The summed E-state index contributed by atoms with van der Waals surface area (Å²) in [7, 11) is 6.54. The molecule has 1 saturated heterocycles. The summed E-state index contributed by atoms with van der Waals surface area (Å²) in [4.78, 5) is 13.6. The normalized spacial score (nSPS) is 20.2. The van der Waals surface area contributed by atoms with E-state index in [0.717, 1.165) is 25.9 Å². The highest BCUT2D eigenvalue weighted by atomic mass is 31.0. The minimum absolute atomic E-state index is 0.239. The average molecular weight is 214 g/mol. The number of allylic oxidation sites excluding steroid dienone is 1. The Morgan fingerprint density at radius 1 is 1.43 bits per heavy atom. The van der Waals surface area contributed by atoms with E-state index in [4.69, 9.17) is 0 Å². The molecule has 0 saturated carbocycles. The molecule has 0 aromatic carbocycles. The lowest BCUT2D eigenvalue weighted by molar-refractivity contribution is -0.119. The van der Waals surface area contributed by atoms with Crippen LogP contribution < -0.4 is 0 Å². The zero-order valence-corrected chi connectivity index (χ0v) is 10.1. The second kappa shape index (κ2) is 5.47. The van der Waals surface area contributed by atoms with Gasteiger partial charge in [-0.3, -0.25) is 9.46 Å². The van der Waals surface area contributed by atoms with E-state index in [2.05, 4.69) is 14.1 Å². The molecule has 14 heavy (non-hydrogen) atoms. The predicted molar refractivity (Wildman–Crippen MR) is 61.8 cm³/mol. The van der Waals surface area contributed by atoms with Crippen molar-refractivity contribution in [3.63, 3.8) is 0 Å². The third-order valence-electron chi connectivity index (χ3n) is 2.47. The van der Waals surface area contributed by atoms with Crippen LogP contribution in [-0.4, -0.2) is 42.5 Å². The molecule has 0 aromatic rings. The lowest BCUT2D eigenvalue weighted by Gasteiger charge is -2.26. The van der Waals surface area contributed by atoms with Crippen LogP contribution in [0.4, 0.5) is 0 Å². The number of piperidine rings is 1. The Balaban J connectivity index is 2.38. The summed E-state index contributed by atoms with van der Waals surface area (Å²) in [6.45, 7) is 2.02. The molecule has 3 nitrogen and oxygen atoms in total. The Hall–Kier alpha value is -0.400. The molecule has 0 radical (unpaired) electrons. The summed E-state index contributed by atoms with van der Waals surface area (Å²) in [6.07, 6.45) is 5.50. The molecule has 1 unspecified atom stereocenters. The summed E-state index contributed by atoms with van der Waals surface area (Å²) in [5.41, 5.74) is 0. The van der Waals surface area contributed by atoms with E-state index in [1.807, 2.05) is 25.2 Å². The number of ketones is 1. The SMILES string of the molecule is CN(C)/C=C/C(=O)C1CCN(P)CC1. The Kier molecular flexibility index (Phi) is 4.56. The maximum Gasteiger partial charge on any atom is 0.160 e. The zero-order valence-electron chi connectivity index (χ0n) is 8.94. The monoisotopic (exact) mass is 214 g/mol. The van der Waals surface area contributed by atoms with Crippen LogP contribution >= 0.6 is 9.39 Å². The molecule has 0 aliphatic carbocycles. The van der Waals surface area contributed by atoms with Gasteiger partial charge in [0.25, 0.3) is 0 Å². The standard InChI is InChI=1S/C10H19N2OP/c1-11(2)6-5-10(13)9-3-7-12(14)8-4-9/h5-6,9H,3-4,7-8,14H2,1-2H3/b6-5+. The minimum atomic E-state index is 0.239. The fourth-order valence-corrected chi connectivity index (χ4v) is 1.84. The Morgan fingerprint density at radius 3 is 2.50 bits per heavy atom. The van der Waals surface area contributed by atoms with Crippen molar-refractivity contribution in [3.05, 3.63) is 12.3 Å². The van der Waals surface area contributed by atoms with E-state index in [1.54, 1.807) is 6.08 Å². The van der Waals surface area contributed by atoms with Gasteiger partial charge in [0.1, 0.15) is 0 Å². The summed E-state index contributed by atoms with van der Waals surface area (Å²) < 4.78 is 2.19. The van der Waals surface area contributed by atoms with Crippen LogP contribution in [0.1, 0.15) is 12.8 Å². The molecule has 1 rings (SSSR count). The predicted octanol–water partition coefficient (Wildman–Crippen LogP) is 1.13. The maximum atomic E-state index is 11.7. The van der Waals surface area contributed by atoms with Gasteiger partial charge in [0.05, 0.1) is 0 Å². The van der Waals surface area contributed by atoms with Crippen LogP contribution in [0, 0.1) is 5.92 Å². The topological polar surface area (TPSA) is 23.6 Å². The van der Waals surface area contributed by atoms with Gasteiger partial charge in [0.15, 0.2) is 5.78 Å². The molecule has 0 N–H and O–H groups in total. The van der Waals surface area contributed by atoms with E-state index in [-0.39, 0.29) is 11.7 Å². The summed E-state index contributed by atoms with van der Waals surface area (Å²) in [5, 5.41) is 0. The molecule has 1 atom stereocenters. The first-order chi connectivity index (χ1) is 6.59. The van der Waals surface area contributed by atoms with Crippen molar-refractivity contribution in [3.8, 4) is 0 Å². The largest absolute Gasteiger partial charge is 0.383 e. The molecule has 1 fully saturated rings. The molecule has 0 aromatic heterocycles. The third kappa shape index (κ3) is 3.77. The first-order valence-corrected chi connectivity index (χ1v) is 5.49.